The molecule has 0 aliphatic rings. The van der Waals surface area contributed by atoms with Crippen molar-refractivity contribution in [3.05, 3.63) is 24.3 Å². The zero-order chi connectivity index (χ0) is 21.3. The molecule has 0 aromatic heterocycles. The Hall–Kier alpha value is -1.17. The highest BCUT2D eigenvalue weighted by atomic mass is 16.6. The molecule has 0 saturated heterocycles. The van der Waals surface area contributed by atoms with Crippen LogP contribution in [0, 0.1) is 0 Å². The van der Waals surface area contributed by atoms with Crippen molar-refractivity contribution in [2.24, 2.45) is 0 Å². The van der Waals surface area contributed by atoms with Gasteiger partial charge in [0, 0.05) is 6.42 Å². The first-order valence-electron chi connectivity index (χ1n) is 11.5. The highest BCUT2D eigenvalue weighted by Crippen LogP contribution is 2.08. The maximum atomic E-state index is 11.6. The first-order valence-corrected chi connectivity index (χ1v) is 11.5. The summed E-state index contributed by atoms with van der Waals surface area (Å²) >= 11 is 0. The molecule has 0 unspecified atom stereocenters. The second-order valence-electron chi connectivity index (χ2n) is 7.15. The van der Waals surface area contributed by atoms with Crippen LogP contribution in [0.1, 0.15) is 84.0 Å². The van der Waals surface area contributed by atoms with Gasteiger partial charge < -0.3 is 19.3 Å². The number of aliphatic hydroxyl groups is 1. The SMILES string of the molecule is CCCCC/C=C\C/C=C\CCCCCCCC(=O)OCCOCCOCCO. The Bertz CT molecular complexity index is 393. The molecule has 0 atom stereocenters. The fraction of sp³-hybridized carbons (Fsp3) is 0.792. The van der Waals surface area contributed by atoms with Gasteiger partial charge in [-0.3, -0.25) is 4.79 Å². The molecule has 0 heterocycles. The standard InChI is InChI=1S/C24H44O5/c1-2-3-4-5-6-7-8-9-10-11-12-13-14-15-16-17-24(26)29-23-22-28-21-20-27-19-18-25/h6-7,9-10,25H,2-5,8,11-23H2,1H3/b7-6-,10-9-. The molecule has 0 amide bonds. The molecule has 0 aromatic rings. The third-order valence-corrected chi connectivity index (χ3v) is 4.43. The molecule has 5 nitrogen and oxygen atoms in total. The minimum absolute atomic E-state index is 0.0196. The summed E-state index contributed by atoms with van der Waals surface area (Å²) in [6, 6.07) is 0. The summed E-state index contributed by atoms with van der Waals surface area (Å²) in [4.78, 5) is 11.6. The number of carbonyl (C=O) groups is 1. The molecular formula is C24H44O5. The smallest absolute Gasteiger partial charge is 0.305 e. The van der Waals surface area contributed by atoms with Crippen molar-refractivity contribution in [3.8, 4) is 0 Å². The minimum atomic E-state index is -0.143. The highest BCUT2D eigenvalue weighted by molar-refractivity contribution is 5.69. The Labute approximate surface area is 178 Å². The second kappa shape index (κ2) is 24.9. The van der Waals surface area contributed by atoms with E-state index in [0.717, 1.165) is 25.7 Å². The Morgan fingerprint density at radius 1 is 0.724 bits per heavy atom. The van der Waals surface area contributed by atoms with Gasteiger partial charge in [-0.25, -0.2) is 0 Å². The summed E-state index contributed by atoms with van der Waals surface area (Å²) in [5, 5.41) is 8.54. The zero-order valence-electron chi connectivity index (χ0n) is 18.6. The molecule has 29 heavy (non-hydrogen) atoms. The lowest BCUT2D eigenvalue weighted by Crippen LogP contribution is -2.13. The third-order valence-electron chi connectivity index (χ3n) is 4.43. The van der Waals surface area contributed by atoms with Crippen molar-refractivity contribution in [1.82, 2.24) is 0 Å². The number of unbranched alkanes of at least 4 members (excludes halogenated alkanes) is 8. The first kappa shape index (κ1) is 27.8. The van der Waals surface area contributed by atoms with E-state index < -0.39 is 0 Å². The molecule has 0 fully saturated rings. The van der Waals surface area contributed by atoms with E-state index >= 15 is 0 Å². The van der Waals surface area contributed by atoms with E-state index in [0.29, 0.717) is 39.5 Å². The van der Waals surface area contributed by atoms with Gasteiger partial charge in [0.15, 0.2) is 0 Å². The lowest BCUT2D eigenvalue weighted by molar-refractivity contribution is -0.145. The predicted molar refractivity (Wildman–Crippen MR) is 119 cm³/mol. The molecule has 0 bridgehead atoms. The summed E-state index contributed by atoms with van der Waals surface area (Å²) in [6.45, 7) is 4.15. The first-order chi connectivity index (χ1) is 14.3. The number of rotatable bonds is 22. The normalized spacial score (nSPS) is 11.7. The minimum Gasteiger partial charge on any atom is -0.463 e. The van der Waals surface area contributed by atoms with Crippen LogP contribution in [0.2, 0.25) is 0 Å². The van der Waals surface area contributed by atoms with Gasteiger partial charge in [0.25, 0.3) is 0 Å². The van der Waals surface area contributed by atoms with Crippen LogP contribution in [0.4, 0.5) is 0 Å². The van der Waals surface area contributed by atoms with Gasteiger partial charge in [0.1, 0.15) is 6.61 Å². The Morgan fingerprint density at radius 3 is 2.00 bits per heavy atom. The zero-order valence-corrected chi connectivity index (χ0v) is 18.6. The molecule has 0 aromatic carbocycles. The molecule has 0 aliphatic heterocycles. The van der Waals surface area contributed by atoms with Gasteiger partial charge in [-0.2, -0.15) is 0 Å². The predicted octanol–water partition coefficient (Wildman–Crippen LogP) is 5.37. The van der Waals surface area contributed by atoms with Crippen molar-refractivity contribution in [2.45, 2.75) is 84.0 Å². The molecule has 1 N–H and O–H groups in total. The Morgan fingerprint density at radius 2 is 1.31 bits per heavy atom. The van der Waals surface area contributed by atoms with E-state index in [1.165, 1.54) is 44.9 Å². The molecular weight excluding hydrogens is 368 g/mol. The molecule has 0 radical (unpaired) electrons. The van der Waals surface area contributed by atoms with E-state index in [2.05, 4.69) is 31.2 Å². The fourth-order valence-corrected chi connectivity index (χ4v) is 2.75. The maximum Gasteiger partial charge on any atom is 0.305 e. The summed E-state index contributed by atoms with van der Waals surface area (Å²) in [7, 11) is 0. The summed E-state index contributed by atoms with van der Waals surface area (Å²) in [5.74, 6) is -0.143. The van der Waals surface area contributed by atoms with Crippen LogP contribution in [0.25, 0.3) is 0 Å². The number of hydrogen-bond donors (Lipinski definition) is 1. The summed E-state index contributed by atoms with van der Waals surface area (Å²) < 4.78 is 15.5. The van der Waals surface area contributed by atoms with Crippen LogP contribution in [0.15, 0.2) is 24.3 Å². The van der Waals surface area contributed by atoms with Crippen LogP contribution in [0.3, 0.4) is 0 Å². The largest absolute Gasteiger partial charge is 0.463 e. The van der Waals surface area contributed by atoms with Crippen LogP contribution in [-0.4, -0.2) is 50.7 Å². The quantitative estimate of drug-likeness (QED) is 0.147. The van der Waals surface area contributed by atoms with Gasteiger partial charge in [-0.1, -0.05) is 63.3 Å². The Balaban J connectivity index is 3.25. The van der Waals surface area contributed by atoms with Gasteiger partial charge in [-0.05, 0) is 38.5 Å². The number of hydrogen-bond acceptors (Lipinski definition) is 5. The second-order valence-corrected chi connectivity index (χ2v) is 7.15. The molecule has 0 saturated carbocycles. The van der Waals surface area contributed by atoms with Crippen molar-refractivity contribution in [2.75, 3.05) is 39.6 Å². The summed E-state index contributed by atoms with van der Waals surface area (Å²) in [5.41, 5.74) is 0. The third kappa shape index (κ3) is 24.8. The molecule has 0 aliphatic carbocycles. The monoisotopic (exact) mass is 412 g/mol. The van der Waals surface area contributed by atoms with E-state index in [1.807, 2.05) is 0 Å². The number of esters is 1. The van der Waals surface area contributed by atoms with E-state index in [9.17, 15) is 4.79 Å². The molecule has 0 rings (SSSR count). The number of aliphatic hydroxyl groups excluding tert-OH is 1. The Kier molecular flexibility index (Phi) is 23.9. The fourth-order valence-electron chi connectivity index (χ4n) is 2.75. The van der Waals surface area contributed by atoms with Crippen molar-refractivity contribution in [3.63, 3.8) is 0 Å². The van der Waals surface area contributed by atoms with Gasteiger partial charge in [-0.15, -0.1) is 0 Å². The van der Waals surface area contributed by atoms with Gasteiger partial charge in [0.2, 0.25) is 0 Å². The van der Waals surface area contributed by atoms with E-state index in [-0.39, 0.29) is 12.6 Å². The van der Waals surface area contributed by atoms with E-state index in [1.54, 1.807) is 0 Å². The van der Waals surface area contributed by atoms with E-state index in [4.69, 9.17) is 19.3 Å². The average molecular weight is 413 g/mol. The molecule has 5 heteroatoms. The van der Waals surface area contributed by atoms with Gasteiger partial charge >= 0.3 is 5.97 Å². The van der Waals surface area contributed by atoms with Crippen LogP contribution in [-0.2, 0) is 19.0 Å². The lowest BCUT2D eigenvalue weighted by atomic mass is 10.1. The number of ether oxygens (including phenoxy) is 3. The van der Waals surface area contributed by atoms with Crippen LogP contribution >= 0.6 is 0 Å². The van der Waals surface area contributed by atoms with Crippen LogP contribution < -0.4 is 0 Å². The maximum absolute atomic E-state index is 11.6. The number of carbonyl (C=O) groups excluding carboxylic acids is 1. The van der Waals surface area contributed by atoms with Crippen molar-refractivity contribution >= 4 is 5.97 Å². The molecule has 0 spiro atoms. The average Bonchev–Trinajstić information content (AvgIpc) is 2.72. The van der Waals surface area contributed by atoms with Crippen molar-refractivity contribution in [1.29, 1.82) is 0 Å². The highest BCUT2D eigenvalue weighted by Gasteiger charge is 2.02. The van der Waals surface area contributed by atoms with Crippen molar-refractivity contribution < 1.29 is 24.1 Å². The van der Waals surface area contributed by atoms with Crippen LogP contribution in [0.5, 0.6) is 0 Å². The van der Waals surface area contributed by atoms with Gasteiger partial charge in [0.05, 0.1) is 33.0 Å². The molecule has 170 valence electrons. The topological polar surface area (TPSA) is 65.0 Å². The lowest BCUT2D eigenvalue weighted by Gasteiger charge is -2.06. The number of allylic oxidation sites excluding steroid dienone is 4. The summed E-state index contributed by atoms with van der Waals surface area (Å²) in [6.07, 6.45) is 22.6.